The van der Waals surface area contributed by atoms with E-state index in [1.807, 2.05) is 36.4 Å². The van der Waals surface area contributed by atoms with Crippen LogP contribution < -0.4 is 0 Å². The number of hydrogen-bond donors (Lipinski definition) is 1. The van der Waals surface area contributed by atoms with E-state index in [0.717, 1.165) is 18.4 Å². The first-order chi connectivity index (χ1) is 17.2. The minimum Gasteiger partial charge on any atom is -0.385 e. The zero-order valence-electron chi connectivity index (χ0n) is 23.0. The monoisotopic (exact) mass is 488 g/mol. The molecule has 0 aromatic heterocycles. The Morgan fingerprint density at radius 2 is 1.20 bits per heavy atom. The van der Waals surface area contributed by atoms with Gasteiger partial charge < -0.3 is 14.6 Å². The summed E-state index contributed by atoms with van der Waals surface area (Å²) in [5.74, 6) is 0. The lowest BCUT2D eigenvalue weighted by atomic mass is 10.00. The molecule has 1 rings (SSSR count). The molecule has 3 nitrogen and oxygen atoms in total. The number of aliphatic hydroxyl groups is 1. The van der Waals surface area contributed by atoms with Gasteiger partial charge in [-0.15, -0.1) is 6.58 Å². The van der Waals surface area contributed by atoms with Crippen LogP contribution in [-0.2, 0) is 16.1 Å². The largest absolute Gasteiger partial charge is 0.385 e. The summed E-state index contributed by atoms with van der Waals surface area (Å²) < 4.78 is 11.7. The molecule has 0 radical (unpaired) electrons. The molecule has 0 aliphatic rings. The van der Waals surface area contributed by atoms with Crippen LogP contribution in [0.25, 0.3) is 0 Å². The highest BCUT2D eigenvalue weighted by atomic mass is 16.5. The lowest BCUT2D eigenvalue weighted by molar-refractivity contribution is -0.103. The third kappa shape index (κ3) is 19.7. The Hall–Kier alpha value is -1.16. The number of ether oxygens (including phenoxy) is 2. The van der Waals surface area contributed by atoms with Crippen molar-refractivity contribution in [3.8, 4) is 0 Å². The number of unbranched alkanes of at least 4 members (excludes halogenated alkanes) is 15. The molecular weight excluding hydrogens is 432 g/mol. The average molecular weight is 489 g/mol. The van der Waals surface area contributed by atoms with Crippen LogP contribution in [0, 0.1) is 0 Å². The molecule has 0 spiro atoms. The van der Waals surface area contributed by atoms with Crippen LogP contribution in [0.15, 0.2) is 43.0 Å². The molecule has 1 atom stereocenters. The minimum atomic E-state index is -0.946. The second-order valence-electron chi connectivity index (χ2n) is 10.4. The Morgan fingerprint density at radius 1 is 0.714 bits per heavy atom. The van der Waals surface area contributed by atoms with Crippen molar-refractivity contribution >= 4 is 0 Å². The summed E-state index contributed by atoms with van der Waals surface area (Å²) in [6.45, 7) is 7.91. The summed E-state index contributed by atoms with van der Waals surface area (Å²) in [6.07, 6.45) is 25.1. The highest BCUT2D eigenvalue weighted by Crippen LogP contribution is 2.17. The summed E-state index contributed by atoms with van der Waals surface area (Å²) in [5, 5.41) is 11.0. The van der Waals surface area contributed by atoms with Gasteiger partial charge in [-0.3, -0.25) is 0 Å². The minimum absolute atomic E-state index is 0.286. The molecule has 202 valence electrons. The SMILES string of the molecule is C=CCCC(O)(COCCCCCCCCCCCCCCCCCC)COCc1ccccc1. The predicted molar refractivity (Wildman–Crippen MR) is 151 cm³/mol. The summed E-state index contributed by atoms with van der Waals surface area (Å²) in [5.41, 5.74) is 0.172. The van der Waals surface area contributed by atoms with E-state index in [-0.39, 0.29) is 6.61 Å². The molecule has 1 N–H and O–H groups in total. The zero-order chi connectivity index (χ0) is 25.3. The first-order valence-corrected chi connectivity index (χ1v) is 14.7. The Morgan fingerprint density at radius 3 is 1.71 bits per heavy atom. The van der Waals surface area contributed by atoms with Crippen LogP contribution >= 0.6 is 0 Å². The van der Waals surface area contributed by atoms with Gasteiger partial charge in [-0.05, 0) is 24.8 Å². The fourth-order valence-corrected chi connectivity index (χ4v) is 4.50. The van der Waals surface area contributed by atoms with Crippen molar-refractivity contribution in [2.45, 2.75) is 135 Å². The van der Waals surface area contributed by atoms with Crippen LogP contribution in [0.5, 0.6) is 0 Å². The Bertz CT molecular complexity index is 573. The second-order valence-corrected chi connectivity index (χ2v) is 10.4. The molecule has 0 aliphatic carbocycles. The Labute approximate surface area is 217 Å². The van der Waals surface area contributed by atoms with Crippen molar-refractivity contribution in [1.82, 2.24) is 0 Å². The van der Waals surface area contributed by atoms with Gasteiger partial charge in [0.1, 0.15) is 5.60 Å². The van der Waals surface area contributed by atoms with E-state index in [2.05, 4.69) is 13.5 Å². The van der Waals surface area contributed by atoms with E-state index in [9.17, 15) is 5.11 Å². The zero-order valence-corrected chi connectivity index (χ0v) is 23.0. The maximum absolute atomic E-state index is 11.0. The number of allylic oxidation sites excluding steroid dienone is 1. The van der Waals surface area contributed by atoms with Crippen molar-refractivity contribution in [2.24, 2.45) is 0 Å². The van der Waals surface area contributed by atoms with E-state index in [4.69, 9.17) is 9.47 Å². The molecule has 1 unspecified atom stereocenters. The maximum atomic E-state index is 11.0. The number of hydrogen-bond acceptors (Lipinski definition) is 3. The molecule has 0 fully saturated rings. The molecule has 0 aliphatic heterocycles. The maximum Gasteiger partial charge on any atom is 0.111 e. The molecule has 35 heavy (non-hydrogen) atoms. The van der Waals surface area contributed by atoms with Gasteiger partial charge in [-0.2, -0.15) is 0 Å². The molecule has 1 aromatic carbocycles. The van der Waals surface area contributed by atoms with E-state index < -0.39 is 5.60 Å². The second kappa shape index (κ2) is 23.3. The summed E-state index contributed by atoms with van der Waals surface area (Å²) >= 11 is 0. The van der Waals surface area contributed by atoms with Gasteiger partial charge in [0.25, 0.3) is 0 Å². The Kier molecular flexibility index (Phi) is 21.2. The Balaban J connectivity index is 1.94. The van der Waals surface area contributed by atoms with Crippen LogP contribution in [0.4, 0.5) is 0 Å². The van der Waals surface area contributed by atoms with Crippen LogP contribution in [0.1, 0.15) is 128 Å². The van der Waals surface area contributed by atoms with Crippen molar-refractivity contribution in [2.75, 3.05) is 19.8 Å². The standard InChI is InChI=1S/C32H56O3/c1-3-5-7-8-9-10-11-12-13-14-15-16-17-18-19-23-27-34-29-32(33,26-6-4-2)30-35-28-31-24-21-20-22-25-31/h4,20-22,24-25,33H,2-3,5-19,23,26-30H2,1H3. The van der Waals surface area contributed by atoms with Crippen molar-refractivity contribution < 1.29 is 14.6 Å². The van der Waals surface area contributed by atoms with Crippen LogP contribution in [0.2, 0.25) is 0 Å². The van der Waals surface area contributed by atoms with Gasteiger partial charge in [-0.1, -0.05) is 140 Å². The molecule has 0 saturated carbocycles. The lowest BCUT2D eigenvalue weighted by Crippen LogP contribution is -2.39. The smallest absolute Gasteiger partial charge is 0.111 e. The van der Waals surface area contributed by atoms with Crippen molar-refractivity contribution in [1.29, 1.82) is 0 Å². The van der Waals surface area contributed by atoms with Crippen LogP contribution in [-0.4, -0.2) is 30.5 Å². The molecule has 0 bridgehead atoms. The molecule has 1 aromatic rings. The van der Waals surface area contributed by atoms with Gasteiger partial charge in [-0.25, -0.2) is 0 Å². The van der Waals surface area contributed by atoms with Gasteiger partial charge in [0, 0.05) is 6.61 Å². The van der Waals surface area contributed by atoms with Crippen molar-refractivity contribution in [3.63, 3.8) is 0 Å². The lowest BCUT2D eigenvalue weighted by Gasteiger charge is -2.27. The number of rotatable bonds is 26. The molecule has 3 heteroatoms. The molecular formula is C32H56O3. The third-order valence-electron chi connectivity index (χ3n) is 6.81. The summed E-state index contributed by atoms with van der Waals surface area (Å²) in [4.78, 5) is 0. The van der Waals surface area contributed by atoms with Gasteiger partial charge in [0.2, 0.25) is 0 Å². The topological polar surface area (TPSA) is 38.7 Å². The first kappa shape index (κ1) is 31.9. The summed E-state index contributed by atoms with van der Waals surface area (Å²) in [6, 6.07) is 10.1. The van der Waals surface area contributed by atoms with E-state index in [0.29, 0.717) is 26.2 Å². The average Bonchev–Trinajstić information content (AvgIpc) is 2.87. The van der Waals surface area contributed by atoms with Gasteiger partial charge in [0.05, 0.1) is 19.8 Å². The molecule has 0 heterocycles. The number of benzene rings is 1. The highest BCUT2D eigenvalue weighted by Gasteiger charge is 2.27. The summed E-state index contributed by atoms with van der Waals surface area (Å²) in [7, 11) is 0. The predicted octanol–water partition coefficient (Wildman–Crippen LogP) is 9.18. The van der Waals surface area contributed by atoms with E-state index in [1.165, 1.54) is 96.3 Å². The van der Waals surface area contributed by atoms with Crippen molar-refractivity contribution in [3.05, 3.63) is 48.6 Å². The van der Waals surface area contributed by atoms with Crippen LogP contribution in [0.3, 0.4) is 0 Å². The first-order valence-electron chi connectivity index (χ1n) is 14.7. The van der Waals surface area contributed by atoms with Gasteiger partial charge in [0.15, 0.2) is 0 Å². The highest BCUT2D eigenvalue weighted by molar-refractivity contribution is 5.13. The third-order valence-corrected chi connectivity index (χ3v) is 6.81. The van der Waals surface area contributed by atoms with E-state index in [1.54, 1.807) is 0 Å². The van der Waals surface area contributed by atoms with E-state index >= 15 is 0 Å². The molecule has 0 saturated heterocycles. The fourth-order valence-electron chi connectivity index (χ4n) is 4.50. The molecule has 0 amide bonds. The van der Waals surface area contributed by atoms with Gasteiger partial charge >= 0.3 is 0 Å². The quantitative estimate of drug-likeness (QED) is 0.104. The fraction of sp³-hybridized carbons (Fsp3) is 0.750. The normalized spacial score (nSPS) is 13.1.